The number of nitrogens with zero attached hydrogens (tertiary/aromatic N) is 3. The van der Waals surface area contributed by atoms with Crippen LogP contribution in [0.3, 0.4) is 0 Å². The van der Waals surface area contributed by atoms with E-state index in [0.29, 0.717) is 13.0 Å². The van der Waals surface area contributed by atoms with Crippen molar-refractivity contribution >= 4 is 11.6 Å². The number of amides is 1. The van der Waals surface area contributed by atoms with Gasteiger partial charge in [0, 0.05) is 12.8 Å². The van der Waals surface area contributed by atoms with Crippen LogP contribution in [0.2, 0.25) is 0 Å². The topological polar surface area (TPSA) is 68.5 Å². The molecule has 0 saturated carbocycles. The highest BCUT2D eigenvalue weighted by molar-refractivity contribution is 5.80. The number of ether oxygens (including phenoxy) is 1. The molecule has 1 unspecified atom stereocenters. The van der Waals surface area contributed by atoms with Gasteiger partial charge in [0.1, 0.15) is 11.7 Å². The Morgan fingerprint density at radius 1 is 1.45 bits per heavy atom. The zero-order valence-corrected chi connectivity index (χ0v) is 11.4. The number of fused-ring (bicyclic) bond motifs is 1. The number of rotatable bonds is 3. The van der Waals surface area contributed by atoms with Gasteiger partial charge in [-0.25, -0.2) is 0 Å². The fourth-order valence-electron chi connectivity index (χ4n) is 2.37. The molecule has 118 valence electrons. The SMILES string of the molecule is O=C(NCc1nnc2c(C(F)(F)F)cccn12)C1CCCO1. The molecule has 1 saturated heterocycles. The van der Waals surface area contributed by atoms with Crippen molar-refractivity contribution in [3.8, 4) is 0 Å². The molecule has 1 atom stereocenters. The largest absolute Gasteiger partial charge is 0.420 e. The van der Waals surface area contributed by atoms with Gasteiger partial charge in [-0.05, 0) is 25.0 Å². The Kier molecular flexibility index (Phi) is 3.73. The summed E-state index contributed by atoms with van der Waals surface area (Å²) in [7, 11) is 0. The molecule has 0 aromatic carbocycles. The summed E-state index contributed by atoms with van der Waals surface area (Å²) in [6.07, 6.45) is -2.11. The number of carbonyl (C=O) groups is 1. The van der Waals surface area contributed by atoms with Crippen LogP contribution in [0.5, 0.6) is 0 Å². The summed E-state index contributed by atoms with van der Waals surface area (Å²) >= 11 is 0. The molecule has 0 aliphatic carbocycles. The van der Waals surface area contributed by atoms with E-state index < -0.39 is 17.8 Å². The molecule has 6 nitrogen and oxygen atoms in total. The van der Waals surface area contributed by atoms with Crippen molar-refractivity contribution in [3.05, 3.63) is 29.7 Å². The quantitative estimate of drug-likeness (QED) is 0.933. The predicted octanol–water partition coefficient (Wildman–Crippen LogP) is 1.54. The molecule has 22 heavy (non-hydrogen) atoms. The lowest BCUT2D eigenvalue weighted by Crippen LogP contribution is -2.34. The highest BCUT2D eigenvalue weighted by Crippen LogP contribution is 2.31. The van der Waals surface area contributed by atoms with E-state index in [0.717, 1.165) is 12.5 Å². The molecule has 2 aromatic heterocycles. The number of halogens is 3. The van der Waals surface area contributed by atoms with Crippen LogP contribution in [0.4, 0.5) is 13.2 Å². The van der Waals surface area contributed by atoms with Crippen LogP contribution in [-0.4, -0.2) is 33.2 Å². The molecule has 1 aliphatic heterocycles. The second kappa shape index (κ2) is 5.56. The van der Waals surface area contributed by atoms with Gasteiger partial charge < -0.3 is 10.1 Å². The summed E-state index contributed by atoms with van der Waals surface area (Å²) in [6, 6.07) is 2.21. The number of nitrogens with one attached hydrogen (secondary N) is 1. The van der Waals surface area contributed by atoms with E-state index in [2.05, 4.69) is 15.5 Å². The van der Waals surface area contributed by atoms with Crippen molar-refractivity contribution in [1.29, 1.82) is 0 Å². The predicted molar refractivity (Wildman–Crippen MR) is 68.8 cm³/mol. The Hall–Kier alpha value is -2.16. The van der Waals surface area contributed by atoms with Crippen LogP contribution in [0, 0.1) is 0 Å². The minimum Gasteiger partial charge on any atom is -0.368 e. The summed E-state index contributed by atoms with van der Waals surface area (Å²) in [5, 5.41) is 9.91. The van der Waals surface area contributed by atoms with Crippen LogP contribution in [0.1, 0.15) is 24.2 Å². The maximum absolute atomic E-state index is 12.9. The van der Waals surface area contributed by atoms with Crippen LogP contribution < -0.4 is 5.32 Å². The average Bonchev–Trinajstić information content (AvgIpc) is 3.13. The van der Waals surface area contributed by atoms with Crippen LogP contribution >= 0.6 is 0 Å². The minimum absolute atomic E-state index is 0.0127. The van der Waals surface area contributed by atoms with Gasteiger partial charge in [0.25, 0.3) is 0 Å². The summed E-state index contributed by atoms with van der Waals surface area (Å²) in [4.78, 5) is 11.8. The van der Waals surface area contributed by atoms with Crippen molar-refractivity contribution in [2.24, 2.45) is 0 Å². The van der Waals surface area contributed by atoms with Gasteiger partial charge in [0.05, 0.1) is 6.54 Å². The lowest BCUT2D eigenvalue weighted by Gasteiger charge is -2.10. The smallest absolute Gasteiger partial charge is 0.368 e. The van der Waals surface area contributed by atoms with Crippen molar-refractivity contribution in [2.45, 2.75) is 31.7 Å². The van der Waals surface area contributed by atoms with Gasteiger partial charge in [-0.15, -0.1) is 10.2 Å². The number of pyridine rings is 1. The van der Waals surface area contributed by atoms with E-state index >= 15 is 0 Å². The van der Waals surface area contributed by atoms with E-state index in [4.69, 9.17) is 4.74 Å². The first-order valence-electron chi connectivity index (χ1n) is 6.76. The van der Waals surface area contributed by atoms with Crippen LogP contribution in [-0.2, 0) is 22.3 Å². The first-order valence-corrected chi connectivity index (χ1v) is 6.76. The van der Waals surface area contributed by atoms with Gasteiger partial charge >= 0.3 is 6.18 Å². The first-order chi connectivity index (χ1) is 10.5. The summed E-state index contributed by atoms with van der Waals surface area (Å²) in [6.45, 7) is 0.530. The van der Waals surface area contributed by atoms with Gasteiger partial charge in [-0.3, -0.25) is 9.20 Å². The molecule has 9 heteroatoms. The molecule has 1 fully saturated rings. The maximum Gasteiger partial charge on any atom is 0.420 e. The van der Waals surface area contributed by atoms with E-state index in [1.807, 2.05) is 0 Å². The Morgan fingerprint density at radius 2 is 2.27 bits per heavy atom. The highest BCUT2D eigenvalue weighted by atomic mass is 19.4. The van der Waals surface area contributed by atoms with Crippen LogP contribution in [0.25, 0.3) is 5.65 Å². The Balaban J connectivity index is 1.79. The number of hydrogen-bond acceptors (Lipinski definition) is 4. The Labute approximate surface area is 123 Å². The van der Waals surface area contributed by atoms with Crippen molar-refractivity contribution in [1.82, 2.24) is 19.9 Å². The molecule has 1 aliphatic rings. The van der Waals surface area contributed by atoms with E-state index in [9.17, 15) is 18.0 Å². The van der Waals surface area contributed by atoms with Crippen LogP contribution in [0.15, 0.2) is 18.3 Å². The average molecular weight is 314 g/mol. The highest BCUT2D eigenvalue weighted by Gasteiger charge is 2.34. The van der Waals surface area contributed by atoms with E-state index in [1.54, 1.807) is 0 Å². The molecule has 0 bridgehead atoms. The van der Waals surface area contributed by atoms with E-state index in [1.165, 1.54) is 16.7 Å². The molecule has 3 rings (SSSR count). The fraction of sp³-hybridized carbons (Fsp3) is 0.462. The summed E-state index contributed by atoms with van der Waals surface area (Å²) < 4.78 is 45.1. The second-order valence-corrected chi connectivity index (χ2v) is 4.95. The lowest BCUT2D eigenvalue weighted by molar-refractivity contribution is -0.136. The molecule has 1 amide bonds. The summed E-state index contributed by atoms with van der Waals surface area (Å²) in [5.74, 6) is -0.0614. The Bertz CT molecular complexity index is 692. The van der Waals surface area contributed by atoms with Gasteiger partial charge in [0.2, 0.25) is 5.91 Å². The van der Waals surface area contributed by atoms with Gasteiger partial charge in [-0.1, -0.05) is 0 Å². The minimum atomic E-state index is -4.51. The molecule has 3 heterocycles. The molecule has 2 aromatic rings. The number of aromatic nitrogens is 3. The van der Waals surface area contributed by atoms with Gasteiger partial charge in [-0.2, -0.15) is 13.2 Å². The summed E-state index contributed by atoms with van der Waals surface area (Å²) in [5.41, 5.74) is -1.14. The second-order valence-electron chi connectivity index (χ2n) is 4.95. The van der Waals surface area contributed by atoms with E-state index in [-0.39, 0.29) is 23.9 Å². The van der Waals surface area contributed by atoms with Crippen molar-refractivity contribution in [3.63, 3.8) is 0 Å². The zero-order valence-electron chi connectivity index (χ0n) is 11.4. The lowest BCUT2D eigenvalue weighted by atomic mass is 10.2. The molecule has 0 radical (unpaired) electrons. The third-order valence-corrected chi connectivity index (χ3v) is 3.45. The van der Waals surface area contributed by atoms with Gasteiger partial charge in [0.15, 0.2) is 11.5 Å². The standard InChI is InChI=1S/C13H13F3N4O2/c14-13(15,16)8-3-1-5-20-10(18-19-11(8)20)7-17-12(21)9-4-2-6-22-9/h1,3,5,9H,2,4,6-7H2,(H,17,21). The maximum atomic E-state index is 12.9. The fourth-order valence-corrected chi connectivity index (χ4v) is 2.37. The first kappa shape index (κ1) is 14.8. The Morgan fingerprint density at radius 3 is 2.95 bits per heavy atom. The number of carbonyl (C=O) groups excluding carboxylic acids is 1. The zero-order chi connectivity index (χ0) is 15.7. The third-order valence-electron chi connectivity index (χ3n) is 3.45. The van der Waals surface area contributed by atoms with Crippen molar-refractivity contribution < 1.29 is 22.7 Å². The molecular weight excluding hydrogens is 301 g/mol. The normalized spacial score (nSPS) is 18.8. The molecule has 1 N–H and O–H groups in total. The third kappa shape index (κ3) is 2.76. The number of hydrogen-bond donors (Lipinski definition) is 1. The monoisotopic (exact) mass is 314 g/mol. The van der Waals surface area contributed by atoms with Crippen molar-refractivity contribution in [2.75, 3.05) is 6.61 Å². The molecular formula is C13H13F3N4O2. The number of alkyl halides is 3. The molecule has 0 spiro atoms.